The number of hydrogen-bond donors (Lipinski definition) is 0. The van der Waals surface area contributed by atoms with Crippen molar-refractivity contribution in [3.05, 3.63) is 51.0 Å². The summed E-state index contributed by atoms with van der Waals surface area (Å²) in [5.74, 6) is -0.853. The maximum absolute atomic E-state index is 13.8. The van der Waals surface area contributed by atoms with Crippen LogP contribution in [0, 0.1) is 15.9 Å². The standard InChI is InChI=1S/C12H8BrFN2O4/c1-19-12-4-11(9(14)3-10(12)16(17)18)20-8-2-7(13)5-15-6-8/h2-6H,1H3. The van der Waals surface area contributed by atoms with Crippen LogP contribution in [0.3, 0.4) is 0 Å². The van der Waals surface area contributed by atoms with Gasteiger partial charge >= 0.3 is 5.69 Å². The lowest BCUT2D eigenvalue weighted by molar-refractivity contribution is -0.386. The quantitative estimate of drug-likeness (QED) is 0.625. The highest BCUT2D eigenvalue weighted by Crippen LogP contribution is 2.35. The molecule has 0 amide bonds. The number of halogens is 2. The van der Waals surface area contributed by atoms with E-state index in [9.17, 15) is 14.5 Å². The molecule has 0 saturated heterocycles. The molecule has 0 aliphatic heterocycles. The summed E-state index contributed by atoms with van der Waals surface area (Å²) in [5, 5.41) is 10.7. The van der Waals surface area contributed by atoms with E-state index in [1.54, 1.807) is 12.3 Å². The van der Waals surface area contributed by atoms with Crippen molar-refractivity contribution in [2.45, 2.75) is 0 Å². The van der Waals surface area contributed by atoms with Crippen LogP contribution < -0.4 is 9.47 Å². The minimum atomic E-state index is -0.863. The van der Waals surface area contributed by atoms with Crippen LogP contribution in [0.25, 0.3) is 0 Å². The van der Waals surface area contributed by atoms with E-state index >= 15 is 0 Å². The van der Waals surface area contributed by atoms with Crippen molar-refractivity contribution in [1.82, 2.24) is 4.98 Å². The van der Waals surface area contributed by atoms with Crippen molar-refractivity contribution in [2.75, 3.05) is 7.11 Å². The first-order chi connectivity index (χ1) is 9.51. The van der Waals surface area contributed by atoms with Gasteiger partial charge in [-0.15, -0.1) is 0 Å². The average Bonchev–Trinajstić information content (AvgIpc) is 2.40. The van der Waals surface area contributed by atoms with Crippen LogP contribution in [0.4, 0.5) is 10.1 Å². The van der Waals surface area contributed by atoms with E-state index in [-0.39, 0.29) is 17.2 Å². The first kappa shape index (κ1) is 14.2. The molecule has 0 radical (unpaired) electrons. The van der Waals surface area contributed by atoms with E-state index in [0.29, 0.717) is 4.47 Å². The number of benzene rings is 1. The second-order valence-electron chi connectivity index (χ2n) is 3.65. The monoisotopic (exact) mass is 342 g/mol. The van der Waals surface area contributed by atoms with Crippen molar-refractivity contribution < 1.29 is 18.8 Å². The van der Waals surface area contributed by atoms with Gasteiger partial charge in [0.25, 0.3) is 0 Å². The van der Waals surface area contributed by atoms with Crippen LogP contribution in [-0.2, 0) is 0 Å². The summed E-state index contributed by atoms with van der Waals surface area (Å²) in [6, 6.07) is 3.45. The molecule has 0 bridgehead atoms. The third kappa shape index (κ3) is 3.02. The average molecular weight is 343 g/mol. The molecule has 20 heavy (non-hydrogen) atoms. The molecule has 2 rings (SSSR count). The molecule has 0 atom stereocenters. The first-order valence-corrected chi connectivity index (χ1v) is 6.11. The maximum Gasteiger partial charge on any atom is 0.314 e. The summed E-state index contributed by atoms with van der Waals surface area (Å²) < 4.78 is 24.6. The second kappa shape index (κ2) is 5.83. The van der Waals surface area contributed by atoms with Gasteiger partial charge in [-0.25, -0.2) is 4.39 Å². The van der Waals surface area contributed by atoms with Crippen LogP contribution in [0.15, 0.2) is 35.1 Å². The predicted molar refractivity (Wildman–Crippen MR) is 71.6 cm³/mol. The van der Waals surface area contributed by atoms with Gasteiger partial charge in [-0.2, -0.15) is 0 Å². The SMILES string of the molecule is COc1cc(Oc2cncc(Br)c2)c(F)cc1[N+](=O)[O-]. The third-order valence-corrected chi connectivity index (χ3v) is 2.77. The number of nitro benzene ring substituents is 1. The molecular weight excluding hydrogens is 335 g/mol. The lowest BCUT2D eigenvalue weighted by Crippen LogP contribution is -1.97. The van der Waals surface area contributed by atoms with E-state index in [4.69, 9.17) is 9.47 Å². The molecule has 0 N–H and O–H groups in total. The highest BCUT2D eigenvalue weighted by molar-refractivity contribution is 9.10. The Balaban J connectivity index is 2.40. The van der Waals surface area contributed by atoms with Crippen molar-refractivity contribution in [3.8, 4) is 17.2 Å². The van der Waals surface area contributed by atoms with Gasteiger partial charge in [0.2, 0.25) is 5.75 Å². The lowest BCUT2D eigenvalue weighted by Gasteiger charge is -2.09. The Labute approximate surface area is 121 Å². The molecule has 6 nitrogen and oxygen atoms in total. The van der Waals surface area contributed by atoms with Gasteiger partial charge in [-0.05, 0) is 22.0 Å². The number of methoxy groups -OCH3 is 1. The van der Waals surface area contributed by atoms with Crippen LogP contribution >= 0.6 is 15.9 Å². The smallest absolute Gasteiger partial charge is 0.314 e. The normalized spacial score (nSPS) is 10.2. The van der Waals surface area contributed by atoms with Gasteiger partial charge in [0, 0.05) is 16.7 Å². The van der Waals surface area contributed by atoms with E-state index < -0.39 is 16.4 Å². The highest BCUT2D eigenvalue weighted by Gasteiger charge is 2.20. The molecule has 8 heteroatoms. The molecule has 0 unspecified atom stereocenters. The molecule has 0 fully saturated rings. The second-order valence-corrected chi connectivity index (χ2v) is 4.57. The van der Waals surface area contributed by atoms with Gasteiger partial charge < -0.3 is 9.47 Å². The Morgan fingerprint density at radius 1 is 1.30 bits per heavy atom. The predicted octanol–water partition coefficient (Wildman–Crippen LogP) is 3.69. The molecule has 1 heterocycles. The van der Waals surface area contributed by atoms with Gasteiger partial charge in [-0.1, -0.05) is 0 Å². The molecule has 104 valence electrons. The summed E-state index contributed by atoms with van der Waals surface area (Å²) in [5.41, 5.74) is -0.468. The Bertz CT molecular complexity index is 666. The number of hydrogen-bond acceptors (Lipinski definition) is 5. The first-order valence-electron chi connectivity index (χ1n) is 5.31. The van der Waals surface area contributed by atoms with Crippen LogP contribution in [-0.4, -0.2) is 17.0 Å². The number of nitrogens with zero attached hydrogens (tertiary/aromatic N) is 2. The van der Waals surface area contributed by atoms with E-state index in [0.717, 1.165) is 12.1 Å². The van der Waals surface area contributed by atoms with Crippen molar-refractivity contribution in [3.63, 3.8) is 0 Å². The number of ether oxygens (including phenoxy) is 2. The van der Waals surface area contributed by atoms with Crippen LogP contribution in [0.2, 0.25) is 0 Å². The fraction of sp³-hybridized carbons (Fsp3) is 0.0833. The molecule has 1 aromatic carbocycles. The highest BCUT2D eigenvalue weighted by atomic mass is 79.9. The Hall–Kier alpha value is -2.22. The maximum atomic E-state index is 13.8. The van der Waals surface area contributed by atoms with Crippen LogP contribution in [0.1, 0.15) is 0 Å². The largest absolute Gasteiger partial charge is 0.490 e. The minimum absolute atomic E-state index is 0.0886. The molecule has 0 saturated carbocycles. The molecular formula is C12H8BrFN2O4. The third-order valence-electron chi connectivity index (χ3n) is 2.34. The lowest BCUT2D eigenvalue weighted by atomic mass is 10.2. The van der Waals surface area contributed by atoms with Crippen molar-refractivity contribution in [2.24, 2.45) is 0 Å². The number of rotatable bonds is 4. The fourth-order valence-electron chi connectivity index (χ4n) is 1.48. The zero-order valence-corrected chi connectivity index (χ0v) is 11.8. The Morgan fingerprint density at radius 3 is 2.65 bits per heavy atom. The van der Waals surface area contributed by atoms with Gasteiger partial charge in [0.1, 0.15) is 5.75 Å². The summed E-state index contributed by atoms with van der Waals surface area (Å²) in [6.07, 6.45) is 2.93. The van der Waals surface area contributed by atoms with E-state index in [2.05, 4.69) is 20.9 Å². The number of pyridine rings is 1. The number of nitro groups is 1. The summed E-state index contributed by atoms with van der Waals surface area (Å²) in [7, 11) is 1.25. The summed E-state index contributed by atoms with van der Waals surface area (Å²) in [6.45, 7) is 0. The summed E-state index contributed by atoms with van der Waals surface area (Å²) >= 11 is 3.20. The molecule has 0 aliphatic rings. The van der Waals surface area contributed by atoms with Gasteiger partial charge in [0.15, 0.2) is 11.6 Å². The van der Waals surface area contributed by atoms with E-state index in [1.165, 1.54) is 13.3 Å². The van der Waals surface area contributed by atoms with Gasteiger partial charge in [0.05, 0.1) is 24.3 Å². The van der Waals surface area contributed by atoms with Crippen LogP contribution in [0.5, 0.6) is 17.2 Å². The Kier molecular flexibility index (Phi) is 4.14. The summed E-state index contributed by atoms with van der Waals surface area (Å²) in [4.78, 5) is 13.9. The van der Waals surface area contributed by atoms with Crippen molar-refractivity contribution >= 4 is 21.6 Å². The minimum Gasteiger partial charge on any atom is -0.490 e. The number of aromatic nitrogens is 1. The molecule has 2 aromatic rings. The zero-order valence-electron chi connectivity index (χ0n) is 10.2. The van der Waals surface area contributed by atoms with Gasteiger partial charge in [-0.3, -0.25) is 15.1 Å². The van der Waals surface area contributed by atoms with E-state index in [1.807, 2.05) is 0 Å². The molecule has 1 aromatic heterocycles. The molecule has 0 aliphatic carbocycles. The van der Waals surface area contributed by atoms with Crippen molar-refractivity contribution in [1.29, 1.82) is 0 Å². The molecule has 0 spiro atoms. The Morgan fingerprint density at radius 2 is 2.05 bits per heavy atom. The zero-order chi connectivity index (χ0) is 14.7. The topological polar surface area (TPSA) is 74.5 Å². The fourth-order valence-corrected chi connectivity index (χ4v) is 1.83.